The second-order valence-electron chi connectivity index (χ2n) is 5.03. The molecule has 1 N–H and O–H groups in total. The maximum atomic E-state index is 5.71. The highest BCUT2D eigenvalue weighted by Gasteiger charge is 2.13. The maximum Gasteiger partial charge on any atom is 0.0699 e. The fourth-order valence-corrected chi connectivity index (χ4v) is 2.64. The average Bonchev–Trinajstić information content (AvgIpc) is 2.31. The normalized spacial score (nSPS) is 19.9. The van der Waals surface area contributed by atoms with E-state index in [2.05, 4.69) is 19.2 Å². The van der Waals surface area contributed by atoms with E-state index in [0.29, 0.717) is 6.10 Å². The molecule has 0 aromatic heterocycles. The van der Waals surface area contributed by atoms with Crippen molar-refractivity contribution in [2.45, 2.75) is 64.9 Å². The minimum Gasteiger partial charge on any atom is -0.377 e. The Hall–Kier alpha value is -0.0800. The molecule has 0 aromatic carbocycles. The van der Waals surface area contributed by atoms with Crippen LogP contribution in [0.5, 0.6) is 0 Å². The van der Waals surface area contributed by atoms with Crippen LogP contribution in [-0.4, -0.2) is 25.8 Å². The summed E-state index contributed by atoms with van der Waals surface area (Å²) in [6, 6.07) is 0. The first-order valence-electron chi connectivity index (χ1n) is 7.19. The van der Waals surface area contributed by atoms with Gasteiger partial charge in [-0.3, -0.25) is 0 Å². The fourth-order valence-electron chi connectivity index (χ4n) is 2.64. The molecule has 1 fully saturated rings. The van der Waals surface area contributed by atoms with E-state index < -0.39 is 0 Å². The molecule has 2 nitrogen and oxygen atoms in total. The van der Waals surface area contributed by atoms with Gasteiger partial charge < -0.3 is 10.1 Å². The molecule has 1 aliphatic carbocycles. The van der Waals surface area contributed by atoms with Crippen molar-refractivity contribution in [3.63, 3.8) is 0 Å². The molecule has 0 spiro atoms. The summed E-state index contributed by atoms with van der Waals surface area (Å²) < 4.78 is 5.71. The van der Waals surface area contributed by atoms with Gasteiger partial charge in [-0.25, -0.2) is 0 Å². The first-order chi connectivity index (χ1) is 7.86. The second-order valence-corrected chi connectivity index (χ2v) is 5.03. The van der Waals surface area contributed by atoms with Crippen LogP contribution in [-0.2, 0) is 4.74 Å². The first-order valence-corrected chi connectivity index (χ1v) is 7.19. The van der Waals surface area contributed by atoms with Gasteiger partial charge in [0.15, 0.2) is 0 Å². The van der Waals surface area contributed by atoms with Gasteiger partial charge in [0.05, 0.1) is 6.10 Å². The average molecular weight is 227 g/mol. The van der Waals surface area contributed by atoms with Gasteiger partial charge in [-0.1, -0.05) is 32.6 Å². The van der Waals surface area contributed by atoms with Gasteiger partial charge in [0, 0.05) is 13.2 Å². The van der Waals surface area contributed by atoms with Gasteiger partial charge in [-0.2, -0.15) is 0 Å². The molecule has 16 heavy (non-hydrogen) atoms. The molecule has 1 unspecified atom stereocenters. The summed E-state index contributed by atoms with van der Waals surface area (Å²) in [6.45, 7) is 7.40. The molecule has 1 rings (SSSR count). The Balaban J connectivity index is 2.06. The zero-order chi connectivity index (χ0) is 11.6. The lowest BCUT2D eigenvalue weighted by Gasteiger charge is -2.23. The highest BCUT2D eigenvalue weighted by Crippen LogP contribution is 2.22. The van der Waals surface area contributed by atoms with Crippen LogP contribution in [0.2, 0.25) is 0 Å². The fraction of sp³-hybridized carbons (Fsp3) is 1.00. The van der Waals surface area contributed by atoms with Gasteiger partial charge in [-0.05, 0) is 38.6 Å². The molecule has 1 atom stereocenters. The molecule has 0 bridgehead atoms. The molecule has 0 heterocycles. The van der Waals surface area contributed by atoms with Crippen LogP contribution >= 0.6 is 0 Å². The third-order valence-electron chi connectivity index (χ3n) is 3.54. The Bertz CT molecular complexity index is 149. The molecule has 1 saturated carbocycles. The highest BCUT2D eigenvalue weighted by atomic mass is 16.5. The SMILES string of the molecule is CCCC(CNCC1CCCCC1)OCC. The lowest BCUT2D eigenvalue weighted by atomic mass is 9.89. The van der Waals surface area contributed by atoms with E-state index in [1.807, 2.05) is 0 Å². The molecule has 0 aromatic rings. The lowest BCUT2D eigenvalue weighted by Crippen LogP contribution is -2.33. The summed E-state index contributed by atoms with van der Waals surface area (Å²) in [4.78, 5) is 0. The minimum atomic E-state index is 0.429. The van der Waals surface area contributed by atoms with Crippen LogP contribution in [0.25, 0.3) is 0 Å². The number of hydrogen-bond acceptors (Lipinski definition) is 2. The predicted molar refractivity (Wildman–Crippen MR) is 69.8 cm³/mol. The van der Waals surface area contributed by atoms with E-state index in [9.17, 15) is 0 Å². The molecular formula is C14H29NO. The summed E-state index contributed by atoms with van der Waals surface area (Å²) >= 11 is 0. The van der Waals surface area contributed by atoms with E-state index in [0.717, 1.165) is 19.1 Å². The molecule has 0 amide bonds. The van der Waals surface area contributed by atoms with Crippen LogP contribution < -0.4 is 5.32 Å². The van der Waals surface area contributed by atoms with Crippen molar-refractivity contribution in [1.29, 1.82) is 0 Å². The number of hydrogen-bond donors (Lipinski definition) is 1. The van der Waals surface area contributed by atoms with Crippen molar-refractivity contribution in [1.82, 2.24) is 5.32 Å². The summed E-state index contributed by atoms with van der Waals surface area (Å²) in [7, 11) is 0. The molecule has 0 saturated heterocycles. The minimum absolute atomic E-state index is 0.429. The van der Waals surface area contributed by atoms with Gasteiger partial charge in [-0.15, -0.1) is 0 Å². The van der Waals surface area contributed by atoms with Gasteiger partial charge >= 0.3 is 0 Å². The van der Waals surface area contributed by atoms with Gasteiger partial charge in [0.25, 0.3) is 0 Å². The van der Waals surface area contributed by atoms with E-state index in [1.54, 1.807) is 0 Å². The molecule has 2 heteroatoms. The number of nitrogens with one attached hydrogen (secondary N) is 1. The van der Waals surface area contributed by atoms with Gasteiger partial charge in [0.1, 0.15) is 0 Å². The van der Waals surface area contributed by atoms with Crippen LogP contribution in [0.15, 0.2) is 0 Å². The molecule has 0 radical (unpaired) electrons. The Morgan fingerprint density at radius 3 is 2.56 bits per heavy atom. The zero-order valence-corrected chi connectivity index (χ0v) is 11.1. The Morgan fingerprint density at radius 2 is 1.94 bits per heavy atom. The third-order valence-corrected chi connectivity index (χ3v) is 3.54. The smallest absolute Gasteiger partial charge is 0.0699 e. The van der Waals surface area contributed by atoms with E-state index in [-0.39, 0.29) is 0 Å². The number of ether oxygens (including phenoxy) is 1. The summed E-state index contributed by atoms with van der Waals surface area (Å²) in [5, 5.41) is 3.60. The van der Waals surface area contributed by atoms with Crippen LogP contribution in [0.3, 0.4) is 0 Å². The van der Waals surface area contributed by atoms with Crippen molar-refractivity contribution in [3.8, 4) is 0 Å². The Morgan fingerprint density at radius 1 is 1.19 bits per heavy atom. The van der Waals surface area contributed by atoms with Crippen LogP contribution in [0, 0.1) is 5.92 Å². The summed E-state index contributed by atoms with van der Waals surface area (Å²) in [5.74, 6) is 0.928. The monoisotopic (exact) mass is 227 g/mol. The van der Waals surface area contributed by atoms with Crippen molar-refractivity contribution in [3.05, 3.63) is 0 Å². The third kappa shape index (κ3) is 5.86. The topological polar surface area (TPSA) is 21.3 Å². The highest BCUT2D eigenvalue weighted by molar-refractivity contribution is 4.69. The van der Waals surface area contributed by atoms with Crippen molar-refractivity contribution < 1.29 is 4.74 Å². The molecule has 0 aliphatic heterocycles. The van der Waals surface area contributed by atoms with E-state index >= 15 is 0 Å². The van der Waals surface area contributed by atoms with E-state index in [1.165, 1.54) is 51.5 Å². The quantitative estimate of drug-likeness (QED) is 0.686. The van der Waals surface area contributed by atoms with Crippen molar-refractivity contribution in [2.24, 2.45) is 5.92 Å². The van der Waals surface area contributed by atoms with Crippen molar-refractivity contribution >= 4 is 0 Å². The maximum absolute atomic E-state index is 5.71. The van der Waals surface area contributed by atoms with Crippen LogP contribution in [0.4, 0.5) is 0 Å². The number of rotatable bonds is 8. The van der Waals surface area contributed by atoms with Crippen LogP contribution in [0.1, 0.15) is 58.8 Å². The second kappa shape index (κ2) is 9.00. The Labute approximate surface area is 101 Å². The standard InChI is InChI=1S/C14H29NO/c1-3-8-14(16-4-2)12-15-11-13-9-6-5-7-10-13/h13-15H,3-12H2,1-2H3. The molecular weight excluding hydrogens is 198 g/mol. The zero-order valence-electron chi connectivity index (χ0n) is 11.1. The first kappa shape index (κ1) is 14.0. The van der Waals surface area contributed by atoms with Gasteiger partial charge in [0.2, 0.25) is 0 Å². The van der Waals surface area contributed by atoms with Crippen molar-refractivity contribution in [2.75, 3.05) is 19.7 Å². The lowest BCUT2D eigenvalue weighted by molar-refractivity contribution is 0.0553. The molecule has 1 aliphatic rings. The molecule has 96 valence electrons. The summed E-state index contributed by atoms with van der Waals surface area (Å²) in [5.41, 5.74) is 0. The summed E-state index contributed by atoms with van der Waals surface area (Å²) in [6.07, 6.45) is 10.0. The Kier molecular flexibility index (Phi) is 7.87. The largest absolute Gasteiger partial charge is 0.377 e. The predicted octanol–water partition coefficient (Wildman–Crippen LogP) is 3.36. The van der Waals surface area contributed by atoms with E-state index in [4.69, 9.17) is 4.74 Å².